The summed E-state index contributed by atoms with van der Waals surface area (Å²) in [5.74, 6) is 0.912. The van der Waals surface area contributed by atoms with E-state index in [9.17, 15) is 0 Å². The third-order valence-electron chi connectivity index (χ3n) is 12.4. The van der Waals surface area contributed by atoms with Gasteiger partial charge in [-0.05, 0) is 77.9 Å². The van der Waals surface area contributed by atoms with Gasteiger partial charge in [0.1, 0.15) is 0 Å². The summed E-state index contributed by atoms with van der Waals surface area (Å²) in [6.07, 6.45) is 0. The smallest absolute Gasteiger partial charge is 0.220 e. The lowest BCUT2D eigenvalue weighted by molar-refractivity contribution is 1.11. The molecule has 3 nitrogen and oxygen atoms in total. The van der Waals surface area contributed by atoms with Gasteiger partial charge in [0.25, 0.3) is 0 Å². The van der Waals surface area contributed by atoms with Crippen molar-refractivity contribution in [3.05, 3.63) is 249 Å². The van der Waals surface area contributed by atoms with Crippen LogP contribution in [0.2, 0.25) is 0 Å². The lowest BCUT2D eigenvalue weighted by Gasteiger charge is -2.37. The largest absolute Gasteiger partial charge is 0.278 e. The third-order valence-corrected chi connectivity index (χ3v) is 22.0. The maximum atomic E-state index is 5.24. The van der Waals surface area contributed by atoms with Gasteiger partial charge in [-0.15, -0.1) is 0 Å². The van der Waals surface area contributed by atoms with Crippen LogP contribution in [0.15, 0.2) is 249 Å². The molecule has 0 spiro atoms. The van der Waals surface area contributed by atoms with Gasteiger partial charge in [-0.1, -0.05) is 212 Å². The molecule has 2 aromatic heterocycles. The van der Waals surface area contributed by atoms with Crippen LogP contribution in [-0.4, -0.2) is 30.1 Å². The fourth-order valence-corrected chi connectivity index (χ4v) is 19.4. The number of rotatable bonds is 9. The topological polar surface area (TPSA) is 22.2 Å². The highest BCUT2D eigenvalue weighted by Crippen LogP contribution is 2.29. The highest BCUT2D eigenvalue weighted by atomic mass is 28.3. The molecule has 11 rings (SSSR count). The monoisotopic (exact) mass is 799 g/mol. The van der Waals surface area contributed by atoms with Crippen molar-refractivity contribution in [2.45, 2.75) is 0 Å². The number of nitrogens with zero attached hydrogens (tertiary/aromatic N) is 3. The van der Waals surface area contributed by atoms with E-state index in [0.717, 1.165) is 33.5 Å². The van der Waals surface area contributed by atoms with E-state index in [4.69, 9.17) is 4.98 Å². The summed E-state index contributed by atoms with van der Waals surface area (Å²) in [5, 5.41) is 10.8. The number of hydrogen-bond acceptors (Lipinski definition) is 1. The molecule has 0 fully saturated rings. The summed E-state index contributed by atoms with van der Waals surface area (Å²) in [6.45, 7) is 0. The maximum Gasteiger partial charge on any atom is 0.220 e. The molecule has 0 saturated heterocycles. The Labute approximate surface area is 352 Å². The molecular formula is C55H41N3Si2. The van der Waals surface area contributed by atoms with E-state index in [-0.39, 0.29) is 0 Å². The molecular weight excluding hydrogens is 759 g/mol. The number of hydrogen-bond donors (Lipinski definition) is 0. The molecule has 9 aromatic carbocycles. The van der Waals surface area contributed by atoms with Gasteiger partial charge in [-0.25, -0.2) is 4.98 Å². The Kier molecular flexibility index (Phi) is 8.84. The molecule has 0 unspecified atom stereocenters. The minimum absolute atomic E-state index is 0.912. The fraction of sp³-hybridized carbons (Fsp3) is 0. The Morgan fingerprint density at radius 2 is 0.633 bits per heavy atom. The minimum Gasteiger partial charge on any atom is -0.278 e. The van der Waals surface area contributed by atoms with Gasteiger partial charge in [0.05, 0.1) is 22.1 Å². The molecule has 284 valence electrons. The van der Waals surface area contributed by atoms with Gasteiger partial charge in [-0.3, -0.25) is 8.97 Å². The molecule has 0 atom stereocenters. The Hall–Kier alpha value is -7.32. The van der Waals surface area contributed by atoms with Crippen LogP contribution >= 0.6 is 0 Å². The highest BCUT2D eigenvalue weighted by Gasteiger charge is 2.44. The van der Waals surface area contributed by atoms with E-state index >= 15 is 0 Å². The predicted molar refractivity (Wildman–Crippen MR) is 257 cm³/mol. The quantitative estimate of drug-likeness (QED) is 0.112. The zero-order valence-corrected chi connectivity index (χ0v) is 35.0. The summed E-state index contributed by atoms with van der Waals surface area (Å²) in [7, 11) is -5.68. The fourth-order valence-electron chi connectivity index (χ4n) is 9.89. The van der Waals surface area contributed by atoms with Gasteiger partial charge in [-0.2, -0.15) is 0 Å². The summed E-state index contributed by atoms with van der Waals surface area (Å²) in [6, 6.07) is 92.3. The Morgan fingerprint density at radius 1 is 0.283 bits per heavy atom. The molecule has 0 aliphatic heterocycles. The molecule has 0 bridgehead atoms. The van der Waals surface area contributed by atoms with E-state index in [1.807, 2.05) is 0 Å². The van der Waals surface area contributed by atoms with Crippen LogP contribution in [0.1, 0.15) is 0 Å². The van der Waals surface area contributed by atoms with E-state index in [1.54, 1.807) is 0 Å². The Morgan fingerprint density at radius 3 is 1.10 bits per heavy atom. The van der Waals surface area contributed by atoms with Gasteiger partial charge in [0.2, 0.25) is 5.78 Å². The van der Waals surface area contributed by atoms with Crippen molar-refractivity contribution < 1.29 is 0 Å². The van der Waals surface area contributed by atoms with E-state index in [2.05, 4.69) is 258 Å². The standard InChI is InChI=1S/C55H41N3Si2/c1-6-22-43(23-7-1)59(44-24-8-2-9-25-44,45-26-10-3-11-27-45)48-37-39-49(40-38-48)60(46-28-12-4-13-29-46,47-30-14-5-15-31-47)50-32-20-21-42(41-50)57-53-35-18-19-36-54(53)58-52-34-17-16-33-51(52)56-55(57)58/h1-41H. The summed E-state index contributed by atoms with van der Waals surface area (Å²) >= 11 is 0. The minimum atomic E-state index is -2.96. The van der Waals surface area contributed by atoms with Gasteiger partial charge < -0.3 is 0 Å². The van der Waals surface area contributed by atoms with Gasteiger partial charge in [0.15, 0.2) is 16.1 Å². The summed E-state index contributed by atoms with van der Waals surface area (Å²) in [4.78, 5) is 5.24. The van der Waals surface area contributed by atoms with Crippen molar-refractivity contribution in [1.82, 2.24) is 14.0 Å². The van der Waals surface area contributed by atoms with Crippen LogP contribution in [0, 0.1) is 0 Å². The second-order valence-corrected chi connectivity index (χ2v) is 23.1. The molecule has 5 heteroatoms. The SMILES string of the molecule is c1ccc([Si](c2ccccc2)(c2ccccc2)c2ccc([Si](c3ccccc3)(c3ccccc3)c3cccc(-n4c5ccccc5n5c6ccccc6nc45)c3)cc2)cc1. The number of para-hydroxylation sites is 4. The van der Waals surface area contributed by atoms with Crippen molar-refractivity contribution in [3.63, 3.8) is 0 Å². The maximum absolute atomic E-state index is 5.24. The molecule has 0 aliphatic carbocycles. The zero-order valence-electron chi connectivity index (χ0n) is 33.0. The molecule has 60 heavy (non-hydrogen) atoms. The van der Waals surface area contributed by atoms with E-state index < -0.39 is 16.1 Å². The number of fused-ring (bicyclic) bond motifs is 5. The first kappa shape index (κ1) is 35.8. The molecule has 11 aromatic rings. The normalized spacial score (nSPS) is 12.0. The van der Waals surface area contributed by atoms with E-state index in [1.165, 1.54) is 41.5 Å². The summed E-state index contributed by atoms with van der Waals surface area (Å²) in [5.41, 5.74) is 5.46. The highest BCUT2D eigenvalue weighted by molar-refractivity contribution is 7.21. The first-order valence-electron chi connectivity index (χ1n) is 20.6. The van der Waals surface area contributed by atoms with Gasteiger partial charge >= 0.3 is 0 Å². The molecule has 0 N–H and O–H groups in total. The number of imidazole rings is 2. The Bertz CT molecular complexity index is 3100. The van der Waals surface area contributed by atoms with Crippen LogP contribution in [0.5, 0.6) is 0 Å². The average molecular weight is 800 g/mol. The molecule has 2 heterocycles. The van der Waals surface area contributed by atoms with Crippen LogP contribution in [0.4, 0.5) is 0 Å². The molecule has 0 aliphatic rings. The molecule has 0 radical (unpaired) electrons. The van der Waals surface area contributed by atoms with Crippen molar-refractivity contribution in [3.8, 4) is 5.69 Å². The van der Waals surface area contributed by atoms with Crippen LogP contribution < -0.4 is 41.5 Å². The van der Waals surface area contributed by atoms with Crippen molar-refractivity contribution in [2.75, 3.05) is 0 Å². The molecule has 0 amide bonds. The first-order valence-corrected chi connectivity index (χ1v) is 24.6. The predicted octanol–water partition coefficient (Wildman–Crippen LogP) is 7.19. The second kappa shape index (κ2) is 14.8. The van der Waals surface area contributed by atoms with Crippen LogP contribution in [-0.2, 0) is 0 Å². The molecule has 0 saturated carbocycles. The first-order chi connectivity index (χ1) is 29.8. The van der Waals surface area contributed by atoms with Crippen molar-refractivity contribution in [2.24, 2.45) is 0 Å². The van der Waals surface area contributed by atoms with E-state index in [0.29, 0.717) is 0 Å². The summed E-state index contributed by atoms with van der Waals surface area (Å²) < 4.78 is 4.65. The number of aromatic nitrogens is 3. The Balaban J connectivity index is 1.18. The van der Waals surface area contributed by atoms with Crippen LogP contribution in [0.25, 0.3) is 33.5 Å². The third kappa shape index (κ3) is 5.51. The second-order valence-electron chi connectivity index (χ2n) is 15.5. The van der Waals surface area contributed by atoms with Crippen LogP contribution in [0.3, 0.4) is 0 Å². The number of benzene rings is 9. The lowest BCUT2D eigenvalue weighted by Crippen LogP contribution is -2.76. The van der Waals surface area contributed by atoms with Crippen molar-refractivity contribution in [1.29, 1.82) is 0 Å². The lowest BCUT2D eigenvalue weighted by atomic mass is 10.2. The zero-order chi connectivity index (χ0) is 39.9. The average Bonchev–Trinajstić information content (AvgIpc) is 3.87. The van der Waals surface area contributed by atoms with Crippen molar-refractivity contribution >= 4 is 85.5 Å². The van der Waals surface area contributed by atoms with Gasteiger partial charge in [0, 0.05) is 5.69 Å².